The number of hydrogen-bond donors (Lipinski definition) is 0. The molecule has 0 aromatic heterocycles. The lowest BCUT2D eigenvalue weighted by molar-refractivity contribution is 0.0306. The summed E-state index contributed by atoms with van der Waals surface area (Å²) in [5.74, 6) is 0. The third-order valence-corrected chi connectivity index (χ3v) is 2.62. The third kappa shape index (κ3) is 3.05. The Morgan fingerprint density at radius 1 is 1.40 bits per heavy atom. The second kappa shape index (κ2) is 5.29. The predicted molar refractivity (Wildman–Crippen MR) is 59.8 cm³/mol. The van der Waals surface area contributed by atoms with Crippen molar-refractivity contribution in [2.45, 2.75) is 32.0 Å². The van der Waals surface area contributed by atoms with Crippen LogP contribution in [0.1, 0.15) is 31.4 Å². The van der Waals surface area contributed by atoms with E-state index in [0.29, 0.717) is 0 Å². The van der Waals surface area contributed by atoms with Gasteiger partial charge in [0.25, 0.3) is 0 Å². The molecule has 0 unspecified atom stereocenters. The van der Waals surface area contributed by atoms with Crippen LogP contribution in [0, 0.1) is 0 Å². The zero-order valence-corrected chi connectivity index (χ0v) is 9.19. The normalized spacial score (nSPS) is 21.3. The summed E-state index contributed by atoms with van der Waals surface area (Å²) in [4.78, 5) is 0. The highest BCUT2D eigenvalue weighted by Crippen LogP contribution is 2.30. The Morgan fingerprint density at radius 3 is 2.73 bits per heavy atom. The van der Waals surface area contributed by atoms with Crippen molar-refractivity contribution in [1.29, 1.82) is 0 Å². The Labute approximate surface area is 91.2 Å². The van der Waals surface area contributed by atoms with E-state index in [-0.39, 0.29) is 12.2 Å². The van der Waals surface area contributed by atoms with Gasteiger partial charge in [0.1, 0.15) is 12.2 Å². The van der Waals surface area contributed by atoms with E-state index in [0.717, 1.165) is 19.6 Å². The standard InChI is InChI=1S/C13H18O2/c1-2-3-9-14-13(12-10-15-12)11-7-5-4-6-8-11/h4-8,12-13H,2-3,9-10H2,1H3/t12-,13-/m1/s1. The van der Waals surface area contributed by atoms with Gasteiger partial charge in [-0.05, 0) is 12.0 Å². The first-order valence-electron chi connectivity index (χ1n) is 5.70. The first kappa shape index (κ1) is 10.7. The quantitative estimate of drug-likeness (QED) is 0.527. The molecule has 82 valence electrons. The van der Waals surface area contributed by atoms with Crippen molar-refractivity contribution in [3.63, 3.8) is 0 Å². The SMILES string of the molecule is CCCCO[C@H](c1ccccc1)[C@H]1CO1. The highest BCUT2D eigenvalue weighted by molar-refractivity contribution is 5.19. The van der Waals surface area contributed by atoms with Crippen LogP contribution < -0.4 is 0 Å². The summed E-state index contributed by atoms with van der Waals surface area (Å²) in [5.41, 5.74) is 1.23. The lowest BCUT2D eigenvalue weighted by Crippen LogP contribution is -2.11. The molecule has 0 amide bonds. The molecular weight excluding hydrogens is 188 g/mol. The molecular formula is C13H18O2. The zero-order valence-electron chi connectivity index (χ0n) is 9.19. The Morgan fingerprint density at radius 2 is 2.13 bits per heavy atom. The van der Waals surface area contributed by atoms with E-state index in [2.05, 4.69) is 19.1 Å². The van der Waals surface area contributed by atoms with Crippen LogP contribution in [0.25, 0.3) is 0 Å². The number of rotatable bonds is 6. The van der Waals surface area contributed by atoms with E-state index in [9.17, 15) is 0 Å². The topological polar surface area (TPSA) is 21.8 Å². The number of ether oxygens (including phenoxy) is 2. The Balaban J connectivity index is 1.94. The zero-order chi connectivity index (χ0) is 10.5. The Kier molecular flexibility index (Phi) is 3.75. The molecule has 15 heavy (non-hydrogen) atoms. The van der Waals surface area contributed by atoms with E-state index < -0.39 is 0 Å². The molecule has 2 rings (SSSR count). The monoisotopic (exact) mass is 206 g/mol. The number of unbranched alkanes of at least 4 members (excludes halogenated alkanes) is 1. The molecule has 0 spiro atoms. The van der Waals surface area contributed by atoms with Crippen molar-refractivity contribution in [3.8, 4) is 0 Å². The average Bonchev–Trinajstić information content (AvgIpc) is 3.10. The van der Waals surface area contributed by atoms with Gasteiger partial charge in [-0.25, -0.2) is 0 Å². The summed E-state index contributed by atoms with van der Waals surface area (Å²) in [7, 11) is 0. The minimum absolute atomic E-state index is 0.137. The van der Waals surface area contributed by atoms with Gasteiger partial charge in [0.2, 0.25) is 0 Å². The molecule has 1 saturated heterocycles. The largest absolute Gasteiger partial charge is 0.371 e. The molecule has 2 heteroatoms. The van der Waals surface area contributed by atoms with Crippen molar-refractivity contribution in [2.75, 3.05) is 13.2 Å². The fourth-order valence-electron chi connectivity index (χ4n) is 1.65. The van der Waals surface area contributed by atoms with Gasteiger partial charge in [0.05, 0.1) is 6.61 Å². The maximum absolute atomic E-state index is 5.87. The van der Waals surface area contributed by atoms with Gasteiger partial charge in [-0.15, -0.1) is 0 Å². The predicted octanol–water partition coefficient (Wildman–Crippen LogP) is 2.94. The minimum atomic E-state index is 0.137. The van der Waals surface area contributed by atoms with Crippen LogP contribution in [0.5, 0.6) is 0 Å². The maximum atomic E-state index is 5.87. The summed E-state index contributed by atoms with van der Waals surface area (Å²) < 4.78 is 11.2. The fourth-order valence-corrected chi connectivity index (χ4v) is 1.65. The Bertz CT molecular complexity index is 280. The number of epoxide rings is 1. The molecule has 1 aliphatic rings. The van der Waals surface area contributed by atoms with Crippen molar-refractivity contribution >= 4 is 0 Å². The van der Waals surface area contributed by atoms with Crippen LogP contribution >= 0.6 is 0 Å². The van der Waals surface area contributed by atoms with Crippen molar-refractivity contribution in [1.82, 2.24) is 0 Å². The van der Waals surface area contributed by atoms with Crippen LogP contribution in [0.2, 0.25) is 0 Å². The first-order chi connectivity index (χ1) is 7.42. The lowest BCUT2D eigenvalue weighted by Gasteiger charge is -2.15. The van der Waals surface area contributed by atoms with Crippen molar-refractivity contribution in [2.24, 2.45) is 0 Å². The summed E-state index contributed by atoms with van der Waals surface area (Å²) in [6.45, 7) is 3.84. The maximum Gasteiger partial charge on any atom is 0.111 e. The Hall–Kier alpha value is -0.860. The van der Waals surface area contributed by atoms with Crippen molar-refractivity contribution in [3.05, 3.63) is 35.9 Å². The fraction of sp³-hybridized carbons (Fsp3) is 0.538. The second-order valence-electron chi connectivity index (χ2n) is 3.93. The van der Waals surface area contributed by atoms with E-state index in [4.69, 9.17) is 9.47 Å². The van der Waals surface area contributed by atoms with E-state index >= 15 is 0 Å². The molecule has 0 N–H and O–H groups in total. The molecule has 1 aromatic rings. The van der Waals surface area contributed by atoms with Crippen molar-refractivity contribution < 1.29 is 9.47 Å². The molecule has 1 aliphatic heterocycles. The summed E-state index contributed by atoms with van der Waals surface area (Å²) in [6, 6.07) is 10.3. The smallest absolute Gasteiger partial charge is 0.111 e. The van der Waals surface area contributed by atoms with E-state index in [1.165, 1.54) is 12.0 Å². The number of hydrogen-bond acceptors (Lipinski definition) is 2. The molecule has 0 saturated carbocycles. The van der Waals surface area contributed by atoms with E-state index in [1.54, 1.807) is 0 Å². The highest BCUT2D eigenvalue weighted by atomic mass is 16.6. The number of benzene rings is 1. The molecule has 1 heterocycles. The van der Waals surface area contributed by atoms with E-state index in [1.807, 2.05) is 18.2 Å². The van der Waals surface area contributed by atoms with Crippen LogP contribution in [-0.2, 0) is 9.47 Å². The average molecular weight is 206 g/mol. The van der Waals surface area contributed by atoms with Gasteiger partial charge in [-0.1, -0.05) is 43.7 Å². The van der Waals surface area contributed by atoms with Crippen LogP contribution in [0.15, 0.2) is 30.3 Å². The van der Waals surface area contributed by atoms with Gasteiger partial charge >= 0.3 is 0 Å². The molecule has 2 nitrogen and oxygen atoms in total. The van der Waals surface area contributed by atoms with Gasteiger partial charge in [0, 0.05) is 6.61 Å². The van der Waals surface area contributed by atoms with Gasteiger partial charge in [-0.3, -0.25) is 0 Å². The molecule has 0 aliphatic carbocycles. The third-order valence-electron chi connectivity index (χ3n) is 2.62. The van der Waals surface area contributed by atoms with Crippen LogP contribution in [0.4, 0.5) is 0 Å². The molecule has 2 atom stereocenters. The van der Waals surface area contributed by atoms with Crippen LogP contribution in [-0.4, -0.2) is 19.3 Å². The molecule has 0 radical (unpaired) electrons. The second-order valence-corrected chi connectivity index (χ2v) is 3.93. The minimum Gasteiger partial charge on any atom is -0.371 e. The van der Waals surface area contributed by atoms with Gasteiger partial charge in [0.15, 0.2) is 0 Å². The summed E-state index contributed by atoms with van der Waals surface area (Å²) in [5, 5.41) is 0. The molecule has 1 aromatic carbocycles. The van der Waals surface area contributed by atoms with Gasteiger partial charge < -0.3 is 9.47 Å². The molecule has 0 bridgehead atoms. The van der Waals surface area contributed by atoms with Gasteiger partial charge in [-0.2, -0.15) is 0 Å². The van der Waals surface area contributed by atoms with Crippen LogP contribution in [0.3, 0.4) is 0 Å². The highest BCUT2D eigenvalue weighted by Gasteiger charge is 2.34. The summed E-state index contributed by atoms with van der Waals surface area (Å²) in [6.07, 6.45) is 2.71. The lowest BCUT2D eigenvalue weighted by atomic mass is 10.1. The molecule has 1 fully saturated rings. The first-order valence-corrected chi connectivity index (χ1v) is 5.70. The summed E-state index contributed by atoms with van der Waals surface area (Å²) >= 11 is 0.